The second-order valence-corrected chi connectivity index (χ2v) is 1.77. The first-order chi connectivity index (χ1) is 7.93. The first kappa shape index (κ1) is 26.0. The molecule has 0 unspecified atom stereocenters. The molecule has 0 nitrogen and oxygen atoms in total. The van der Waals surface area contributed by atoms with Crippen LogP contribution in [-0.4, -0.2) is 6.43 Å². The lowest BCUT2D eigenvalue weighted by molar-refractivity contribution is 0.145. The van der Waals surface area contributed by atoms with E-state index in [-0.39, 0.29) is 4.70 Å². The lowest BCUT2D eigenvalue weighted by atomic mass is 10.6. The molecule has 0 rings (SSSR count). The summed E-state index contributed by atoms with van der Waals surface area (Å²) in [4.78, 5) is 0. The quantitative estimate of drug-likeness (QED) is 0.531. The first-order valence-electron chi connectivity index (χ1n) is 3.28. The summed E-state index contributed by atoms with van der Waals surface area (Å²) in [5.74, 6) is -2.65. The van der Waals surface area contributed by atoms with Crippen molar-refractivity contribution in [3.8, 4) is 0 Å². The maximum absolute atomic E-state index is 11.0. The van der Waals surface area contributed by atoms with Crippen LogP contribution in [0.15, 0.2) is 36.7 Å². The normalized spacial score (nSPS) is 8.00. The summed E-state index contributed by atoms with van der Waals surface area (Å²) in [7, 11) is 0. The molecule has 0 saturated heterocycles. The summed E-state index contributed by atoms with van der Waals surface area (Å²) in [6.45, 7) is 2.22. The minimum absolute atomic E-state index is 0. The Morgan fingerprint density at radius 2 is 0.842 bits per heavy atom. The molecule has 0 aliphatic rings. The lowest BCUT2D eigenvalue weighted by Gasteiger charge is -1.88. The highest BCUT2D eigenvalue weighted by Gasteiger charge is 2.16. The molecule has 116 valence electrons. The van der Waals surface area contributed by atoms with Crippen LogP contribution in [0.1, 0.15) is 0 Å². The summed E-state index contributed by atoms with van der Waals surface area (Å²) in [6, 6.07) is 0. The van der Waals surface area contributed by atoms with E-state index in [0.717, 1.165) is 0 Å². The highest BCUT2D eigenvalue weighted by atomic mass is 19.3. The Bertz CT molecular complexity index is 277. The molecule has 0 heterocycles. The van der Waals surface area contributed by atoms with Gasteiger partial charge >= 0.3 is 18.2 Å². The van der Waals surface area contributed by atoms with Gasteiger partial charge in [-0.3, -0.25) is 4.70 Å². The lowest BCUT2D eigenvalue weighted by Crippen LogP contribution is -1.90. The molecule has 12 heteroatoms. The van der Waals surface area contributed by atoms with Crippen molar-refractivity contribution in [1.82, 2.24) is 0 Å². The predicted molar refractivity (Wildman–Crippen MR) is 41.7 cm³/mol. The highest BCUT2D eigenvalue weighted by molar-refractivity contribution is 4.93. The number of hydrogen-bond donors (Lipinski definition) is 0. The maximum Gasteiger partial charge on any atom is 0.334 e. The van der Waals surface area contributed by atoms with E-state index in [1.165, 1.54) is 0 Å². The van der Waals surface area contributed by atoms with Crippen LogP contribution in [0.4, 0.5) is 53.0 Å². The van der Waals surface area contributed by atoms with Gasteiger partial charge in [-0.15, -0.1) is 0 Å². The van der Waals surface area contributed by atoms with Crippen molar-refractivity contribution in [3.63, 3.8) is 0 Å². The molecule has 0 bridgehead atoms. The van der Waals surface area contributed by atoms with Crippen molar-refractivity contribution in [3.05, 3.63) is 36.7 Å². The number of rotatable bonds is 1. The largest absolute Gasteiger partial charge is 0.334 e. The fourth-order valence-corrected chi connectivity index (χ4v) is 0.0825. The zero-order valence-corrected chi connectivity index (χ0v) is 8.35. The number of allylic oxidation sites excluding steroid dienone is 1. The van der Waals surface area contributed by atoms with Crippen LogP contribution in [0.2, 0.25) is 0 Å². The highest BCUT2D eigenvalue weighted by Crippen LogP contribution is 2.16. The minimum atomic E-state index is -3.69. The molecule has 0 aromatic carbocycles. The van der Waals surface area contributed by atoms with Crippen molar-refractivity contribution >= 4 is 0 Å². The standard InChI is InChI=1S/C3HF5.C2F4.C2H2F2.FH/c4-1(2(5)6)3(7)8;3-1(4)2(5)6;1-2(3)4;/h2H;;1H2;1H. The number of alkyl halides is 2. The Balaban J connectivity index is -0.0000000916. The molecule has 0 atom stereocenters. The van der Waals surface area contributed by atoms with Gasteiger partial charge in [-0.25, -0.2) is 8.78 Å². The molecule has 0 saturated carbocycles. The first-order valence-corrected chi connectivity index (χ1v) is 3.28. The molecule has 0 N–H and O–H groups in total. The second-order valence-electron chi connectivity index (χ2n) is 1.77. The van der Waals surface area contributed by atoms with Crippen molar-refractivity contribution in [2.24, 2.45) is 0 Å². The van der Waals surface area contributed by atoms with Crippen LogP contribution < -0.4 is 0 Å². The van der Waals surface area contributed by atoms with Crippen LogP contribution in [0, 0.1) is 0 Å². The van der Waals surface area contributed by atoms with Gasteiger partial charge in [0.2, 0.25) is 5.83 Å². The van der Waals surface area contributed by atoms with Gasteiger partial charge in [-0.1, -0.05) is 0 Å². The molecule has 0 aromatic heterocycles. The Morgan fingerprint density at radius 1 is 0.632 bits per heavy atom. The van der Waals surface area contributed by atoms with E-state index in [1.54, 1.807) is 0 Å². The summed E-state index contributed by atoms with van der Waals surface area (Å²) < 4.78 is 115. The van der Waals surface area contributed by atoms with E-state index in [0.29, 0.717) is 0 Å². The number of hydrogen-bond acceptors (Lipinski definition) is 0. The predicted octanol–water partition coefficient (Wildman–Crippen LogP) is 5.87. The van der Waals surface area contributed by atoms with E-state index in [9.17, 15) is 48.3 Å². The summed E-state index contributed by atoms with van der Waals surface area (Å²) in [6.07, 6.45) is -14.3. The number of halogens is 12. The van der Waals surface area contributed by atoms with Crippen LogP contribution in [-0.2, 0) is 0 Å². The second kappa shape index (κ2) is 14.4. The van der Waals surface area contributed by atoms with Gasteiger partial charge in [0.05, 0.1) is 0 Å². The summed E-state index contributed by atoms with van der Waals surface area (Å²) >= 11 is 0. The van der Waals surface area contributed by atoms with Crippen LogP contribution in [0.3, 0.4) is 0 Å². The van der Waals surface area contributed by atoms with Gasteiger partial charge in [0, 0.05) is 0 Å². The average Bonchev–Trinajstić information content (AvgIpc) is 2.15. The van der Waals surface area contributed by atoms with Crippen LogP contribution in [0.5, 0.6) is 0 Å². The third-order valence-corrected chi connectivity index (χ3v) is 0.515. The van der Waals surface area contributed by atoms with E-state index in [2.05, 4.69) is 6.58 Å². The van der Waals surface area contributed by atoms with Gasteiger partial charge in [0.1, 0.15) is 0 Å². The molecule has 0 spiro atoms. The van der Waals surface area contributed by atoms with Gasteiger partial charge in [0.15, 0.2) is 0 Å². The molecule has 0 radical (unpaired) electrons. The molecule has 0 aliphatic heterocycles. The molecule has 0 aromatic rings. The van der Waals surface area contributed by atoms with E-state index >= 15 is 0 Å². The molecular weight excluding hydrogens is 312 g/mol. The fourth-order valence-electron chi connectivity index (χ4n) is 0.0825. The zero-order chi connectivity index (χ0) is 15.5. The smallest absolute Gasteiger partial charge is 0.269 e. The summed E-state index contributed by atoms with van der Waals surface area (Å²) in [5.41, 5.74) is 0. The SMILES string of the molecule is C=C(F)F.F.FC(F)=C(F)C(F)F.FC(F)=C(F)F. The van der Waals surface area contributed by atoms with E-state index < -0.39 is 36.6 Å². The fraction of sp³-hybridized carbons (Fsp3) is 0.143. The topological polar surface area (TPSA) is 0 Å². The monoisotopic (exact) mass is 316 g/mol. The minimum Gasteiger partial charge on any atom is -0.269 e. The summed E-state index contributed by atoms with van der Waals surface area (Å²) in [5, 5.41) is 0. The maximum atomic E-state index is 11.0. The van der Waals surface area contributed by atoms with Gasteiger partial charge < -0.3 is 0 Å². The Hall–Kier alpha value is -1.62. The van der Waals surface area contributed by atoms with Crippen molar-refractivity contribution in [2.45, 2.75) is 6.43 Å². The van der Waals surface area contributed by atoms with Crippen molar-refractivity contribution in [1.29, 1.82) is 0 Å². The molecular formula is C7H4F12. The molecule has 0 amide bonds. The van der Waals surface area contributed by atoms with Crippen molar-refractivity contribution < 1.29 is 53.0 Å². The Morgan fingerprint density at radius 3 is 0.842 bits per heavy atom. The van der Waals surface area contributed by atoms with E-state index in [4.69, 9.17) is 0 Å². The molecule has 19 heavy (non-hydrogen) atoms. The Kier molecular flexibility index (Phi) is 19.8. The van der Waals surface area contributed by atoms with Gasteiger partial charge in [-0.2, -0.15) is 39.5 Å². The van der Waals surface area contributed by atoms with Gasteiger partial charge in [-0.05, 0) is 6.58 Å². The van der Waals surface area contributed by atoms with Crippen molar-refractivity contribution in [2.75, 3.05) is 0 Å². The third-order valence-electron chi connectivity index (χ3n) is 0.515. The molecule has 0 fully saturated rings. The van der Waals surface area contributed by atoms with Crippen LogP contribution >= 0.6 is 0 Å². The van der Waals surface area contributed by atoms with Crippen LogP contribution in [0.25, 0.3) is 0 Å². The third kappa shape index (κ3) is 31.4. The van der Waals surface area contributed by atoms with Gasteiger partial charge in [0.25, 0.3) is 12.5 Å². The van der Waals surface area contributed by atoms with E-state index in [1.807, 2.05) is 0 Å². The Labute approximate surface area is 97.4 Å². The zero-order valence-electron chi connectivity index (χ0n) is 8.35. The average molecular weight is 316 g/mol. The molecule has 0 aliphatic carbocycles.